The fourth-order valence-corrected chi connectivity index (χ4v) is 3.09. The third-order valence-corrected chi connectivity index (χ3v) is 4.28. The molecule has 0 spiro atoms. The van der Waals surface area contributed by atoms with Gasteiger partial charge in [-0.3, -0.25) is 9.59 Å². The molecule has 4 nitrogen and oxygen atoms in total. The Morgan fingerprint density at radius 3 is 2.57 bits per heavy atom. The van der Waals surface area contributed by atoms with Crippen molar-refractivity contribution in [1.82, 2.24) is 10.2 Å². The first-order valence-electron chi connectivity index (χ1n) is 6.94. The van der Waals surface area contributed by atoms with Gasteiger partial charge in [-0.2, -0.15) is 0 Å². The summed E-state index contributed by atoms with van der Waals surface area (Å²) in [5.74, 6) is 0.418. The van der Waals surface area contributed by atoms with E-state index in [9.17, 15) is 14.0 Å². The Kier molecular flexibility index (Phi) is 5.22. The van der Waals surface area contributed by atoms with E-state index in [0.717, 1.165) is 11.3 Å². The van der Waals surface area contributed by atoms with Crippen molar-refractivity contribution < 1.29 is 14.0 Å². The molecule has 1 aromatic rings. The van der Waals surface area contributed by atoms with Crippen molar-refractivity contribution in [2.45, 2.75) is 19.9 Å². The monoisotopic (exact) mass is 310 g/mol. The van der Waals surface area contributed by atoms with Crippen molar-refractivity contribution >= 4 is 22.9 Å². The molecule has 6 heteroatoms. The highest BCUT2D eigenvalue weighted by Gasteiger charge is 2.25. The van der Waals surface area contributed by atoms with Gasteiger partial charge >= 0.3 is 0 Å². The van der Waals surface area contributed by atoms with Crippen molar-refractivity contribution in [2.75, 3.05) is 18.8 Å². The van der Waals surface area contributed by atoms with Crippen LogP contribution in [0, 0.1) is 11.7 Å². The zero-order valence-corrected chi connectivity index (χ0v) is 13.0. The Balaban J connectivity index is 2.00. The lowest BCUT2D eigenvalue weighted by Gasteiger charge is -2.24. The standard InChI is InChI=1S/C15H19FN2O2S/c1-10(2)14(11-3-5-12(16)6-4-11)17-13(19)9-18-7-8-21-15(18)20/h3-6,10,14H,7-9H2,1-2H3,(H,17,19). The van der Waals surface area contributed by atoms with Gasteiger partial charge in [-0.05, 0) is 23.6 Å². The zero-order chi connectivity index (χ0) is 15.4. The predicted octanol–water partition coefficient (Wildman–Crippen LogP) is 2.81. The fraction of sp³-hybridized carbons (Fsp3) is 0.467. The SMILES string of the molecule is CC(C)C(NC(=O)CN1CCSC1=O)c1ccc(F)cc1. The molecule has 0 saturated carbocycles. The molecule has 1 aliphatic heterocycles. The molecule has 1 heterocycles. The molecular weight excluding hydrogens is 291 g/mol. The van der Waals surface area contributed by atoms with Crippen molar-refractivity contribution in [3.8, 4) is 0 Å². The van der Waals surface area contributed by atoms with E-state index in [1.807, 2.05) is 13.8 Å². The number of thioether (sulfide) groups is 1. The summed E-state index contributed by atoms with van der Waals surface area (Å²) in [6.07, 6.45) is 0. The highest BCUT2D eigenvalue weighted by Crippen LogP contribution is 2.22. The molecule has 2 amide bonds. The van der Waals surface area contributed by atoms with Crippen LogP contribution in [-0.4, -0.2) is 34.9 Å². The lowest BCUT2D eigenvalue weighted by Crippen LogP contribution is -2.40. The molecule has 0 bridgehead atoms. The molecule has 0 aromatic heterocycles. The number of nitrogens with zero attached hydrogens (tertiary/aromatic N) is 1. The Bertz CT molecular complexity index is 519. The maximum atomic E-state index is 13.0. The molecule has 0 aliphatic carbocycles. The zero-order valence-electron chi connectivity index (χ0n) is 12.1. The van der Waals surface area contributed by atoms with E-state index in [0.29, 0.717) is 6.54 Å². The van der Waals surface area contributed by atoms with Gasteiger partial charge < -0.3 is 10.2 Å². The van der Waals surface area contributed by atoms with E-state index in [1.165, 1.54) is 23.9 Å². The second-order valence-electron chi connectivity index (χ2n) is 5.38. The molecule has 1 unspecified atom stereocenters. The van der Waals surface area contributed by atoms with Crippen LogP contribution in [0.4, 0.5) is 9.18 Å². The van der Waals surface area contributed by atoms with Gasteiger partial charge in [-0.25, -0.2) is 4.39 Å². The van der Waals surface area contributed by atoms with Crippen LogP contribution in [-0.2, 0) is 4.79 Å². The van der Waals surface area contributed by atoms with Gasteiger partial charge in [-0.15, -0.1) is 0 Å². The maximum absolute atomic E-state index is 13.0. The van der Waals surface area contributed by atoms with E-state index in [2.05, 4.69) is 5.32 Å². The smallest absolute Gasteiger partial charge is 0.282 e. The molecule has 1 aliphatic rings. The minimum atomic E-state index is -0.299. The van der Waals surface area contributed by atoms with Crippen LogP contribution < -0.4 is 5.32 Å². The van der Waals surface area contributed by atoms with Gasteiger partial charge in [0.1, 0.15) is 12.4 Å². The number of benzene rings is 1. The van der Waals surface area contributed by atoms with Crippen LogP contribution in [0.15, 0.2) is 24.3 Å². The summed E-state index contributed by atoms with van der Waals surface area (Å²) in [4.78, 5) is 25.2. The third kappa shape index (κ3) is 4.20. The molecule has 1 aromatic carbocycles. The fourth-order valence-electron chi connectivity index (χ4n) is 2.27. The van der Waals surface area contributed by atoms with Crippen LogP contribution in [0.1, 0.15) is 25.5 Å². The minimum Gasteiger partial charge on any atom is -0.347 e. The van der Waals surface area contributed by atoms with Gasteiger partial charge in [0.2, 0.25) is 5.91 Å². The summed E-state index contributed by atoms with van der Waals surface area (Å²) >= 11 is 1.24. The van der Waals surface area contributed by atoms with Gasteiger partial charge in [0.05, 0.1) is 6.04 Å². The van der Waals surface area contributed by atoms with Crippen molar-refractivity contribution in [3.05, 3.63) is 35.6 Å². The molecule has 1 fully saturated rings. The Morgan fingerprint density at radius 1 is 1.38 bits per heavy atom. The van der Waals surface area contributed by atoms with Gasteiger partial charge in [0, 0.05) is 12.3 Å². The summed E-state index contributed by atoms with van der Waals surface area (Å²) in [5.41, 5.74) is 0.863. The Morgan fingerprint density at radius 2 is 2.05 bits per heavy atom. The largest absolute Gasteiger partial charge is 0.347 e. The summed E-state index contributed by atoms with van der Waals surface area (Å²) < 4.78 is 13.0. The lowest BCUT2D eigenvalue weighted by molar-refractivity contribution is -0.122. The van der Waals surface area contributed by atoms with E-state index in [4.69, 9.17) is 0 Å². The molecule has 2 rings (SSSR count). The summed E-state index contributed by atoms with van der Waals surface area (Å²) in [6, 6.07) is 5.94. The maximum Gasteiger partial charge on any atom is 0.282 e. The van der Waals surface area contributed by atoms with E-state index in [1.54, 1.807) is 17.0 Å². The van der Waals surface area contributed by atoms with Gasteiger partial charge in [0.25, 0.3) is 5.24 Å². The second-order valence-corrected chi connectivity index (χ2v) is 6.42. The third-order valence-electron chi connectivity index (χ3n) is 3.39. The average molecular weight is 310 g/mol. The van der Waals surface area contributed by atoms with Gasteiger partial charge in [0.15, 0.2) is 0 Å². The minimum absolute atomic E-state index is 0.0481. The second kappa shape index (κ2) is 6.93. The average Bonchev–Trinajstić information content (AvgIpc) is 2.82. The molecular formula is C15H19FN2O2S. The number of rotatable bonds is 5. The Hall–Kier alpha value is -1.56. The predicted molar refractivity (Wildman–Crippen MR) is 81.5 cm³/mol. The number of amides is 2. The topological polar surface area (TPSA) is 49.4 Å². The van der Waals surface area contributed by atoms with Crippen LogP contribution in [0.2, 0.25) is 0 Å². The molecule has 1 atom stereocenters. The van der Waals surface area contributed by atoms with Gasteiger partial charge in [-0.1, -0.05) is 37.7 Å². The number of hydrogen-bond donors (Lipinski definition) is 1. The number of hydrogen-bond acceptors (Lipinski definition) is 3. The van der Waals surface area contributed by atoms with Crippen molar-refractivity contribution in [3.63, 3.8) is 0 Å². The molecule has 1 N–H and O–H groups in total. The van der Waals surface area contributed by atoms with Crippen LogP contribution >= 0.6 is 11.8 Å². The first kappa shape index (κ1) is 15.8. The first-order valence-corrected chi connectivity index (χ1v) is 7.92. The van der Waals surface area contributed by atoms with E-state index < -0.39 is 0 Å². The lowest BCUT2D eigenvalue weighted by atomic mass is 9.96. The Labute approximate surface area is 128 Å². The number of nitrogens with one attached hydrogen (secondary N) is 1. The summed E-state index contributed by atoms with van der Waals surface area (Å²) in [6.45, 7) is 4.67. The molecule has 1 saturated heterocycles. The molecule has 114 valence electrons. The summed E-state index contributed by atoms with van der Waals surface area (Å²) in [5, 5.41) is 2.89. The molecule has 0 radical (unpaired) electrons. The van der Waals surface area contributed by atoms with E-state index in [-0.39, 0.29) is 35.5 Å². The first-order chi connectivity index (χ1) is 9.97. The van der Waals surface area contributed by atoms with Crippen LogP contribution in [0.5, 0.6) is 0 Å². The number of halogens is 1. The summed E-state index contributed by atoms with van der Waals surface area (Å²) in [7, 11) is 0. The van der Waals surface area contributed by atoms with Crippen molar-refractivity contribution in [1.29, 1.82) is 0 Å². The molecule has 21 heavy (non-hydrogen) atoms. The number of carbonyl (C=O) groups excluding carboxylic acids is 2. The van der Waals surface area contributed by atoms with Crippen molar-refractivity contribution in [2.24, 2.45) is 5.92 Å². The van der Waals surface area contributed by atoms with E-state index >= 15 is 0 Å². The highest BCUT2D eigenvalue weighted by atomic mass is 32.2. The van der Waals surface area contributed by atoms with Crippen LogP contribution in [0.25, 0.3) is 0 Å². The highest BCUT2D eigenvalue weighted by molar-refractivity contribution is 8.13. The quantitative estimate of drug-likeness (QED) is 0.910. The number of carbonyl (C=O) groups is 2. The van der Waals surface area contributed by atoms with Crippen LogP contribution in [0.3, 0.4) is 0 Å². The normalized spacial score (nSPS) is 16.4.